The second kappa shape index (κ2) is 5.99. The van der Waals surface area contributed by atoms with Crippen molar-refractivity contribution < 1.29 is 0 Å². The molecule has 0 radical (unpaired) electrons. The van der Waals surface area contributed by atoms with Gasteiger partial charge in [-0.2, -0.15) is 0 Å². The molecule has 15 heavy (non-hydrogen) atoms. The molecule has 1 nitrogen and oxygen atoms in total. The van der Waals surface area contributed by atoms with Gasteiger partial charge in [-0.05, 0) is 30.3 Å². The Morgan fingerprint density at radius 1 is 1.20 bits per heavy atom. The van der Waals surface area contributed by atoms with Crippen LogP contribution in [-0.4, -0.2) is 6.54 Å². The highest BCUT2D eigenvalue weighted by atomic mass is 14.9. The molecule has 1 aliphatic heterocycles. The molecule has 0 spiro atoms. The van der Waals surface area contributed by atoms with Crippen molar-refractivity contribution in [3.8, 4) is 0 Å². The summed E-state index contributed by atoms with van der Waals surface area (Å²) in [6, 6.07) is 0. The predicted molar refractivity (Wildman–Crippen MR) is 67.7 cm³/mol. The molecule has 0 bridgehead atoms. The highest BCUT2D eigenvalue weighted by Gasteiger charge is 2.38. The quantitative estimate of drug-likeness (QED) is 0.635. The Kier molecular flexibility index (Phi) is 4.93. The number of allylic oxidation sites excluding steroid dienone is 3. The maximum Gasteiger partial charge on any atom is 0.0332 e. The van der Waals surface area contributed by atoms with Gasteiger partial charge >= 0.3 is 0 Å². The Balaban J connectivity index is 0.000000198. The van der Waals surface area contributed by atoms with Crippen LogP contribution in [-0.2, 0) is 0 Å². The van der Waals surface area contributed by atoms with Gasteiger partial charge in [0.1, 0.15) is 0 Å². The molecule has 1 saturated carbocycles. The lowest BCUT2D eigenvalue weighted by Gasteiger charge is -2.05. The molecule has 1 saturated heterocycles. The minimum Gasteiger partial charge on any atom is -0.385 e. The summed E-state index contributed by atoms with van der Waals surface area (Å²) in [4.78, 5) is 0. The highest BCUT2D eigenvalue weighted by Crippen LogP contribution is 2.47. The van der Waals surface area contributed by atoms with Crippen LogP contribution in [0.25, 0.3) is 0 Å². The van der Waals surface area contributed by atoms with E-state index in [1.54, 1.807) is 5.57 Å². The first kappa shape index (κ1) is 12.4. The normalized spacial score (nSPS) is 28.8. The summed E-state index contributed by atoms with van der Waals surface area (Å²) in [5.74, 6) is 1.84. The predicted octanol–water partition coefficient (Wildman–Crippen LogP) is 3.88. The molecular weight excluding hydrogens is 182 g/mol. The van der Waals surface area contributed by atoms with Crippen LogP contribution in [0.4, 0.5) is 0 Å². The summed E-state index contributed by atoms with van der Waals surface area (Å²) in [5.41, 5.74) is 3.03. The van der Waals surface area contributed by atoms with Crippen LogP contribution in [0.3, 0.4) is 0 Å². The fraction of sp³-hybridized carbons (Fsp3) is 0.714. The third-order valence-corrected chi connectivity index (χ3v) is 2.74. The Labute approximate surface area is 94.6 Å². The first-order chi connectivity index (χ1) is 7.35. The van der Waals surface area contributed by atoms with Crippen LogP contribution in [0, 0.1) is 11.8 Å². The maximum atomic E-state index is 3.41. The average molecular weight is 207 g/mol. The van der Waals surface area contributed by atoms with Crippen molar-refractivity contribution in [3.63, 3.8) is 0 Å². The SMILES string of the molecule is C1=C2CCNC2=CC2CC12.CC.CCC. The lowest BCUT2D eigenvalue weighted by Crippen LogP contribution is -2.05. The highest BCUT2D eigenvalue weighted by molar-refractivity contribution is 5.41. The van der Waals surface area contributed by atoms with Gasteiger partial charge < -0.3 is 5.32 Å². The Bertz CT molecular complexity index is 226. The van der Waals surface area contributed by atoms with Gasteiger partial charge in [-0.15, -0.1) is 0 Å². The van der Waals surface area contributed by atoms with Gasteiger partial charge in [-0.3, -0.25) is 0 Å². The maximum absolute atomic E-state index is 3.41. The Morgan fingerprint density at radius 3 is 2.47 bits per heavy atom. The van der Waals surface area contributed by atoms with E-state index < -0.39 is 0 Å². The van der Waals surface area contributed by atoms with Crippen molar-refractivity contribution in [2.24, 2.45) is 11.8 Å². The van der Waals surface area contributed by atoms with E-state index in [1.807, 2.05) is 13.8 Å². The molecule has 86 valence electrons. The monoisotopic (exact) mass is 207 g/mol. The van der Waals surface area contributed by atoms with Crippen molar-refractivity contribution in [2.75, 3.05) is 6.54 Å². The molecular formula is C14H25N. The molecule has 2 atom stereocenters. The minimum atomic E-state index is 0.907. The fourth-order valence-corrected chi connectivity index (χ4v) is 2.01. The summed E-state index contributed by atoms with van der Waals surface area (Å²) in [6.07, 6.45) is 8.82. The van der Waals surface area contributed by atoms with E-state index in [4.69, 9.17) is 0 Å². The molecule has 2 fully saturated rings. The lowest BCUT2D eigenvalue weighted by molar-refractivity contribution is 0.896. The average Bonchev–Trinajstić information content (AvgIpc) is 2.86. The van der Waals surface area contributed by atoms with E-state index in [0.717, 1.165) is 18.4 Å². The summed E-state index contributed by atoms with van der Waals surface area (Å²) >= 11 is 0. The number of hydrogen-bond acceptors (Lipinski definition) is 1. The summed E-state index contributed by atoms with van der Waals surface area (Å²) in [7, 11) is 0. The van der Waals surface area contributed by atoms with E-state index >= 15 is 0 Å². The third kappa shape index (κ3) is 3.12. The third-order valence-electron chi connectivity index (χ3n) is 2.74. The van der Waals surface area contributed by atoms with Crippen LogP contribution >= 0.6 is 0 Å². The summed E-state index contributed by atoms with van der Waals surface area (Å²) in [5, 5.41) is 3.41. The zero-order valence-electron chi connectivity index (χ0n) is 10.6. The molecule has 2 aliphatic carbocycles. The van der Waals surface area contributed by atoms with Crippen molar-refractivity contribution >= 4 is 0 Å². The molecule has 1 heteroatoms. The summed E-state index contributed by atoms with van der Waals surface area (Å²) < 4.78 is 0. The van der Waals surface area contributed by atoms with E-state index in [1.165, 1.54) is 25.0 Å². The fourth-order valence-electron chi connectivity index (χ4n) is 2.01. The number of nitrogens with one attached hydrogen (secondary N) is 1. The molecule has 2 unspecified atom stereocenters. The second-order valence-electron chi connectivity index (χ2n) is 4.22. The van der Waals surface area contributed by atoms with Crippen LogP contribution in [0.15, 0.2) is 23.4 Å². The summed E-state index contributed by atoms with van der Waals surface area (Å²) in [6.45, 7) is 9.41. The number of fused-ring (bicyclic) bond motifs is 2. The molecule has 0 aromatic rings. The minimum absolute atomic E-state index is 0.907. The van der Waals surface area contributed by atoms with Gasteiger partial charge in [-0.25, -0.2) is 0 Å². The first-order valence-electron chi connectivity index (χ1n) is 6.52. The van der Waals surface area contributed by atoms with Crippen molar-refractivity contribution in [2.45, 2.75) is 47.0 Å². The molecule has 3 aliphatic rings. The molecule has 0 aromatic carbocycles. The lowest BCUT2D eigenvalue weighted by atomic mass is 10.0. The van der Waals surface area contributed by atoms with Crippen molar-refractivity contribution in [1.29, 1.82) is 0 Å². The Morgan fingerprint density at radius 2 is 1.80 bits per heavy atom. The molecule has 0 aromatic heterocycles. The van der Waals surface area contributed by atoms with E-state index in [-0.39, 0.29) is 0 Å². The van der Waals surface area contributed by atoms with Gasteiger partial charge in [0.15, 0.2) is 0 Å². The van der Waals surface area contributed by atoms with Crippen LogP contribution < -0.4 is 5.32 Å². The van der Waals surface area contributed by atoms with Crippen molar-refractivity contribution in [3.05, 3.63) is 23.4 Å². The topological polar surface area (TPSA) is 12.0 Å². The van der Waals surface area contributed by atoms with E-state index in [2.05, 4.69) is 31.3 Å². The van der Waals surface area contributed by atoms with Gasteiger partial charge in [0.25, 0.3) is 0 Å². The second-order valence-corrected chi connectivity index (χ2v) is 4.22. The number of hydrogen-bond donors (Lipinski definition) is 1. The van der Waals surface area contributed by atoms with Gasteiger partial charge in [0.2, 0.25) is 0 Å². The molecule has 3 rings (SSSR count). The Hall–Kier alpha value is -0.720. The zero-order valence-corrected chi connectivity index (χ0v) is 10.6. The molecule has 1 heterocycles. The van der Waals surface area contributed by atoms with Crippen LogP contribution in [0.2, 0.25) is 0 Å². The number of rotatable bonds is 0. The van der Waals surface area contributed by atoms with Crippen LogP contribution in [0.1, 0.15) is 47.0 Å². The van der Waals surface area contributed by atoms with Gasteiger partial charge in [-0.1, -0.05) is 46.3 Å². The van der Waals surface area contributed by atoms with Crippen LogP contribution in [0.5, 0.6) is 0 Å². The smallest absolute Gasteiger partial charge is 0.0332 e. The molecule has 1 N–H and O–H groups in total. The van der Waals surface area contributed by atoms with Gasteiger partial charge in [0.05, 0.1) is 0 Å². The standard InChI is InChI=1S/C9H11N.C3H8.C2H6/c1-2-10-9-5-8-4-7(8)3-6(1)9;1-3-2;1-2/h3,5,7-8,10H,1-2,4H2;3H2,1-2H3;1-2H3. The largest absolute Gasteiger partial charge is 0.385 e. The van der Waals surface area contributed by atoms with E-state index in [9.17, 15) is 0 Å². The first-order valence-corrected chi connectivity index (χ1v) is 6.52. The van der Waals surface area contributed by atoms with E-state index in [0.29, 0.717) is 0 Å². The van der Waals surface area contributed by atoms with Crippen molar-refractivity contribution in [1.82, 2.24) is 5.32 Å². The molecule has 0 amide bonds. The van der Waals surface area contributed by atoms with Gasteiger partial charge in [0, 0.05) is 12.2 Å². The zero-order chi connectivity index (χ0) is 11.3.